The summed E-state index contributed by atoms with van der Waals surface area (Å²) in [5.41, 5.74) is 0.930. The highest BCUT2D eigenvalue weighted by atomic mass is 16.6. The normalized spacial score (nSPS) is 39.4. The Hall–Kier alpha value is -1.34. The number of likely N-dealkylation sites (tertiary alicyclic amines) is 1. The molecule has 264 valence electrons. The van der Waals surface area contributed by atoms with Crippen LogP contribution in [0.25, 0.3) is 0 Å². The van der Waals surface area contributed by atoms with E-state index in [9.17, 15) is 19.8 Å². The maximum absolute atomic E-state index is 12.7. The van der Waals surface area contributed by atoms with Crippen LogP contribution >= 0.6 is 0 Å². The molecule has 5 fully saturated rings. The third-order valence-electron chi connectivity index (χ3n) is 14.4. The number of carbonyl (C=O) groups is 2. The molecule has 0 spiro atoms. The van der Waals surface area contributed by atoms with Crippen molar-refractivity contribution >= 4 is 12.0 Å². The van der Waals surface area contributed by atoms with E-state index >= 15 is 0 Å². The number of β-amino-alcohol motifs (C(OH)–C–C–N with tert-alkyl or cyclic N) is 1. The summed E-state index contributed by atoms with van der Waals surface area (Å²) >= 11 is 0. The zero-order valence-electron chi connectivity index (χ0n) is 30.0. The summed E-state index contributed by atoms with van der Waals surface area (Å²) < 4.78 is 5.98. The number of aliphatic hydroxyl groups excluding tert-OH is 2. The molecular formula is C39H68N2O5. The van der Waals surface area contributed by atoms with Crippen LogP contribution in [0.1, 0.15) is 144 Å². The monoisotopic (exact) mass is 645 g/mol. The number of unbranched alkanes of at least 4 members (excludes halogenated alkanes) is 2. The summed E-state index contributed by atoms with van der Waals surface area (Å²) in [6, 6.07) is -0.261. The fraction of sp³-hybridized carbons (Fsp3) is 0.949. The minimum absolute atomic E-state index is 0.00176. The highest BCUT2D eigenvalue weighted by Crippen LogP contribution is 2.68. The molecule has 1 heterocycles. The molecule has 0 aromatic carbocycles. The Balaban J connectivity index is 1.02. The van der Waals surface area contributed by atoms with Crippen molar-refractivity contribution in [1.82, 2.24) is 10.2 Å². The Labute approximate surface area is 280 Å². The van der Waals surface area contributed by atoms with Crippen LogP contribution in [0.3, 0.4) is 0 Å². The SMILES string of the molecule is CC(C)CCC[C@@H](C)C1CCC2C3CCC4C[C@@H](OC(=O)NCCCCCC(=O)N5C[C@H](O)C[C@H]5CO)CC[C@]4(C)C3CC[C@@]21C. The fourth-order valence-corrected chi connectivity index (χ4v) is 11.8. The number of nitrogens with zero attached hydrogens (tertiary/aromatic N) is 1. The molecule has 7 nitrogen and oxygen atoms in total. The molecular weight excluding hydrogens is 576 g/mol. The van der Waals surface area contributed by atoms with E-state index in [1.165, 1.54) is 64.2 Å². The van der Waals surface area contributed by atoms with Gasteiger partial charge in [-0.1, -0.05) is 60.3 Å². The zero-order valence-corrected chi connectivity index (χ0v) is 30.0. The third-order valence-corrected chi connectivity index (χ3v) is 14.4. The largest absolute Gasteiger partial charge is 0.446 e. The lowest BCUT2D eigenvalue weighted by molar-refractivity contribution is -0.133. The lowest BCUT2D eigenvalue weighted by Gasteiger charge is -2.61. The van der Waals surface area contributed by atoms with Crippen LogP contribution in [0.5, 0.6) is 0 Å². The van der Waals surface area contributed by atoms with Crippen molar-refractivity contribution in [3.8, 4) is 0 Å². The first kappa shape index (κ1) is 36.0. The van der Waals surface area contributed by atoms with Gasteiger partial charge in [-0.25, -0.2) is 4.79 Å². The van der Waals surface area contributed by atoms with Gasteiger partial charge in [0.15, 0.2) is 0 Å². The molecule has 5 rings (SSSR count). The van der Waals surface area contributed by atoms with Gasteiger partial charge in [0, 0.05) is 19.5 Å². The standard InChI is InChI=1S/C39H68N2O5/c1-26(2)10-9-11-27(3)33-15-16-34-32-14-13-28-22-31(17-19-38(28,4)35(32)18-20-39(33,34)5)46-37(45)40-21-8-6-7-12-36(44)41-24-30(43)23-29(41)25-42/h26-35,42-43H,6-25H2,1-5H3,(H,40,45)/t27-,28?,29+,30-,31+,32?,33?,34?,35?,38+,39-/m1/s1. The van der Waals surface area contributed by atoms with E-state index < -0.39 is 6.10 Å². The molecule has 1 aliphatic heterocycles. The maximum atomic E-state index is 12.7. The average Bonchev–Trinajstić information content (AvgIpc) is 3.58. The number of aliphatic hydroxyl groups is 2. The number of hydrogen-bond acceptors (Lipinski definition) is 5. The van der Waals surface area contributed by atoms with E-state index in [2.05, 4.69) is 39.9 Å². The minimum atomic E-state index is -0.536. The second-order valence-electron chi connectivity index (χ2n) is 17.5. The summed E-state index contributed by atoms with van der Waals surface area (Å²) in [5, 5.41) is 22.2. The Bertz CT molecular complexity index is 1020. The lowest BCUT2D eigenvalue weighted by Crippen LogP contribution is -2.54. The summed E-state index contributed by atoms with van der Waals surface area (Å²) in [4.78, 5) is 26.8. The molecule has 2 amide bonds. The van der Waals surface area contributed by atoms with Crippen molar-refractivity contribution in [2.24, 2.45) is 52.3 Å². The van der Waals surface area contributed by atoms with Gasteiger partial charge in [-0.2, -0.15) is 0 Å². The van der Waals surface area contributed by atoms with Crippen molar-refractivity contribution in [3.63, 3.8) is 0 Å². The Morgan fingerprint density at radius 3 is 2.41 bits per heavy atom. The van der Waals surface area contributed by atoms with Crippen molar-refractivity contribution < 1.29 is 24.5 Å². The summed E-state index contributed by atoms with van der Waals surface area (Å²) in [5.74, 6) is 5.88. The van der Waals surface area contributed by atoms with Gasteiger partial charge in [0.25, 0.3) is 0 Å². The number of carbonyl (C=O) groups excluding carboxylic acids is 2. The van der Waals surface area contributed by atoms with E-state index in [4.69, 9.17) is 4.74 Å². The highest BCUT2D eigenvalue weighted by Gasteiger charge is 2.60. The van der Waals surface area contributed by atoms with Crippen LogP contribution < -0.4 is 5.32 Å². The molecule has 4 aliphatic carbocycles. The molecule has 0 aromatic rings. The first-order chi connectivity index (χ1) is 22.0. The highest BCUT2D eigenvalue weighted by molar-refractivity contribution is 5.77. The summed E-state index contributed by atoms with van der Waals surface area (Å²) in [6.07, 6.45) is 18.2. The van der Waals surface area contributed by atoms with Crippen LogP contribution in [0.2, 0.25) is 0 Å². The van der Waals surface area contributed by atoms with Gasteiger partial charge in [0.1, 0.15) is 6.10 Å². The quantitative estimate of drug-likeness (QED) is 0.178. The minimum Gasteiger partial charge on any atom is -0.446 e. The van der Waals surface area contributed by atoms with E-state index in [1.807, 2.05) is 0 Å². The zero-order chi connectivity index (χ0) is 33.1. The Morgan fingerprint density at radius 2 is 1.65 bits per heavy atom. The van der Waals surface area contributed by atoms with Gasteiger partial charge in [-0.05, 0) is 129 Å². The van der Waals surface area contributed by atoms with Gasteiger partial charge < -0.3 is 25.2 Å². The maximum Gasteiger partial charge on any atom is 0.407 e. The molecule has 5 unspecified atom stereocenters. The van der Waals surface area contributed by atoms with Crippen LogP contribution in [0.15, 0.2) is 0 Å². The smallest absolute Gasteiger partial charge is 0.407 e. The van der Waals surface area contributed by atoms with Crippen molar-refractivity contribution in [1.29, 1.82) is 0 Å². The van der Waals surface area contributed by atoms with Crippen molar-refractivity contribution in [2.45, 2.75) is 162 Å². The number of hydrogen-bond donors (Lipinski definition) is 3. The molecule has 0 radical (unpaired) electrons. The number of amides is 2. The second-order valence-corrected chi connectivity index (χ2v) is 17.5. The van der Waals surface area contributed by atoms with Crippen molar-refractivity contribution in [2.75, 3.05) is 19.7 Å². The molecule has 7 heteroatoms. The average molecular weight is 645 g/mol. The van der Waals surface area contributed by atoms with Crippen LogP contribution in [-0.2, 0) is 9.53 Å². The van der Waals surface area contributed by atoms with Gasteiger partial charge >= 0.3 is 6.09 Å². The van der Waals surface area contributed by atoms with E-state index in [0.717, 1.165) is 67.6 Å². The molecule has 1 saturated heterocycles. The number of alkyl carbamates (subject to hydrolysis) is 1. The molecule has 3 N–H and O–H groups in total. The van der Waals surface area contributed by atoms with Gasteiger partial charge in [-0.15, -0.1) is 0 Å². The summed E-state index contributed by atoms with van der Waals surface area (Å²) in [6.45, 7) is 13.4. The molecule has 4 saturated carbocycles. The fourth-order valence-electron chi connectivity index (χ4n) is 11.8. The molecule has 46 heavy (non-hydrogen) atoms. The van der Waals surface area contributed by atoms with E-state index in [1.54, 1.807) is 4.90 Å². The number of nitrogens with one attached hydrogen (secondary N) is 1. The van der Waals surface area contributed by atoms with Gasteiger partial charge in [0.2, 0.25) is 5.91 Å². The lowest BCUT2D eigenvalue weighted by atomic mass is 9.44. The Kier molecular flexibility index (Phi) is 12.1. The van der Waals surface area contributed by atoms with Crippen molar-refractivity contribution in [3.05, 3.63) is 0 Å². The molecule has 0 aromatic heterocycles. The summed E-state index contributed by atoms with van der Waals surface area (Å²) in [7, 11) is 0. The first-order valence-corrected chi connectivity index (χ1v) is 19.5. The topological polar surface area (TPSA) is 99.1 Å². The van der Waals surface area contributed by atoms with Crippen LogP contribution in [-0.4, -0.2) is 65.1 Å². The van der Waals surface area contributed by atoms with Crippen LogP contribution in [0.4, 0.5) is 4.79 Å². The molecule has 0 bridgehead atoms. The number of fused-ring (bicyclic) bond motifs is 5. The third kappa shape index (κ3) is 7.76. The first-order valence-electron chi connectivity index (χ1n) is 19.5. The Morgan fingerprint density at radius 1 is 0.891 bits per heavy atom. The predicted octanol–water partition coefficient (Wildman–Crippen LogP) is 7.72. The van der Waals surface area contributed by atoms with Gasteiger partial charge in [-0.3, -0.25) is 4.79 Å². The van der Waals surface area contributed by atoms with E-state index in [0.29, 0.717) is 42.7 Å². The second kappa shape index (κ2) is 15.5. The number of ether oxygens (including phenoxy) is 1. The van der Waals surface area contributed by atoms with E-state index in [-0.39, 0.29) is 30.8 Å². The van der Waals surface area contributed by atoms with Crippen LogP contribution in [0, 0.1) is 52.3 Å². The number of rotatable bonds is 13. The molecule has 11 atom stereocenters. The predicted molar refractivity (Wildman–Crippen MR) is 183 cm³/mol. The molecule has 5 aliphatic rings. The van der Waals surface area contributed by atoms with Gasteiger partial charge in [0.05, 0.1) is 18.8 Å².